The van der Waals surface area contributed by atoms with E-state index in [1.165, 1.54) is 0 Å². The number of hydrogen-bond donors (Lipinski definition) is 0. The second kappa shape index (κ2) is 6.08. The summed E-state index contributed by atoms with van der Waals surface area (Å²) in [7, 11) is 0. The van der Waals surface area contributed by atoms with Crippen LogP contribution in [0.25, 0.3) is 11.5 Å². The molecule has 1 amide bonds. The fraction of sp³-hybridized carbons (Fsp3) is 0.348. The summed E-state index contributed by atoms with van der Waals surface area (Å²) in [4.78, 5) is 24.1. The molecule has 4 heterocycles. The van der Waals surface area contributed by atoms with E-state index in [9.17, 15) is 4.79 Å². The molecule has 1 spiro atoms. The molecule has 0 atom stereocenters. The lowest BCUT2D eigenvalue weighted by Crippen LogP contribution is -2.45. The third kappa shape index (κ3) is 2.47. The van der Waals surface area contributed by atoms with E-state index in [0.29, 0.717) is 23.7 Å². The van der Waals surface area contributed by atoms with Crippen molar-refractivity contribution in [3.05, 3.63) is 53.9 Å². The van der Waals surface area contributed by atoms with Gasteiger partial charge in [-0.2, -0.15) is 0 Å². The van der Waals surface area contributed by atoms with Gasteiger partial charge >= 0.3 is 0 Å². The van der Waals surface area contributed by atoms with Crippen LogP contribution in [0.1, 0.15) is 55.1 Å². The monoisotopic (exact) mass is 402 g/mol. The molecule has 1 aromatic carbocycles. The van der Waals surface area contributed by atoms with Gasteiger partial charge in [0.05, 0.1) is 6.54 Å². The molecule has 1 fully saturated rings. The molecule has 0 radical (unpaired) electrons. The molecule has 0 unspecified atom stereocenters. The van der Waals surface area contributed by atoms with E-state index < -0.39 is 5.79 Å². The van der Waals surface area contributed by atoms with E-state index in [1.54, 1.807) is 11.1 Å². The number of benzene rings is 1. The highest BCUT2D eigenvalue weighted by Gasteiger charge is 2.48. The molecule has 152 valence electrons. The average molecular weight is 402 g/mol. The maximum atomic E-state index is 13.2. The molecule has 2 aromatic heterocycles. The van der Waals surface area contributed by atoms with Crippen LogP contribution in [0.5, 0.6) is 11.5 Å². The summed E-state index contributed by atoms with van der Waals surface area (Å²) in [5.74, 6) is 2.26. The zero-order chi connectivity index (χ0) is 20.5. The molecule has 2 aliphatic heterocycles. The average Bonchev–Trinajstić information content (AvgIpc) is 3.41. The number of amides is 1. The van der Waals surface area contributed by atoms with E-state index in [0.717, 1.165) is 42.1 Å². The highest BCUT2D eigenvalue weighted by Crippen LogP contribution is 2.50. The Morgan fingerprint density at radius 2 is 1.93 bits per heavy atom. The van der Waals surface area contributed by atoms with Crippen molar-refractivity contribution in [2.45, 2.75) is 51.5 Å². The van der Waals surface area contributed by atoms with Crippen LogP contribution < -0.4 is 14.4 Å². The van der Waals surface area contributed by atoms with Gasteiger partial charge in [-0.3, -0.25) is 9.69 Å². The van der Waals surface area contributed by atoms with Gasteiger partial charge in [-0.15, -0.1) is 0 Å². The predicted molar refractivity (Wildman–Crippen MR) is 111 cm³/mol. The highest BCUT2D eigenvalue weighted by atomic mass is 16.7. The fourth-order valence-corrected chi connectivity index (χ4v) is 4.38. The van der Waals surface area contributed by atoms with Gasteiger partial charge in [0.15, 0.2) is 17.3 Å². The van der Waals surface area contributed by atoms with Gasteiger partial charge in [0.1, 0.15) is 11.5 Å². The standard InChI is InChI=1S/C23H22N4O3/c1-14(2)26-10-9-24-21(26)17-5-3-6-20(25-17)27-13-15-11-18-19(12-16(15)22(27)28)30-23(29-18)7-4-8-23/h3,5-6,9-12,14H,4,7-8,13H2,1-2H3. The molecule has 7 heteroatoms. The topological polar surface area (TPSA) is 69.5 Å². The number of carbonyl (C=O) groups excluding carboxylic acids is 1. The third-order valence-corrected chi connectivity index (χ3v) is 6.15. The quantitative estimate of drug-likeness (QED) is 0.652. The van der Waals surface area contributed by atoms with Gasteiger partial charge in [-0.05, 0) is 50.1 Å². The molecule has 1 aliphatic carbocycles. The molecule has 1 saturated carbocycles. The van der Waals surface area contributed by atoms with E-state index >= 15 is 0 Å². The Kier molecular flexibility index (Phi) is 3.54. The molecule has 6 rings (SSSR count). The summed E-state index contributed by atoms with van der Waals surface area (Å²) in [6.07, 6.45) is 6.63. The Balaban J connectivity index is 1.32. The number of ether oxygens (including phenoxy) is 2. The molecule has 7 nitrogen and oxygen atoms in total. The van der Waals surface area contributed by atoms with Crippen molar-refractivity contribution in [2.75, 3.05) is 4.90 Å². The Bertz CT molecular complexity index is 1180. The van der Waals surface area contributed by atoms with Crippen LogP contribution in [-0.4, -0.2) is 26.2 Å². The number of imidazole rings is 1. The highest BCUT2D eigenvalue weighted by molar-refractivity contribution is 6.10. The minimum atomic E-state index is -0.492. The molecule has 3 aliphatic rings. The van der Waals surface area contributed by atoms with Crippen LogP contribution in [0.4, 0.5) is 5.82 Å². The summed E-state index contributed by atoms with van der Waals surface area (Å²) >= 11 is 0. The lowest BCUT2D eigenvalue weighted by atomic mass is 9.91. The molecule has 0 bridgehead atoms. The lowest BCUT2D eigenvalue weighted by Gasteiger charge is -2.35. The summed E-state index contributed by atoms with van der Waals surface area (Å²) in [5.41, 5.74) is 2.34. The number of hydrogen-bond acceptors (Lipinski definition) is 5. The van der Waals surface area contributed by atoms with Gasteiger partial charge in [-0.25, -0.2) is 9.97 Å². The number of aromatic nitrogens is 3. The SMILES string of the molecule is CC(C)n1ccnc1-c1cccc(N2Cc3cc4c(cc3C2=O)OC2(CCC2)O4)n1. The fourth-order valence-electron chi connectivity index (χ4n) is 4.38. The van der Waals surface area contributed by atoms with E-state index in [1.807, 2.05) is 36.5 Å². The van der Waals surface area contributed by atoms with Crippen molar-refractivity contribution in [1.29, 1.82) is 0 Å². The second-order valence-electron chi connectivity index (χ2n) is 8.45. The van der Waals surface area contributed by atoms with E-state index in [-0.39, 0.29) is 11.9 Å². The zero-order valence-electron chi connectivity index (χ0n) is 17.0. The Labute approximate surface area is 174 Å². The molecular weight excluding hydrogens is 380 g/mol. The first-order chi connectivity index (χ1) is 14.5. The van der Waals surface area contributed by atoms with Crippen LogP contribution in [-0.2, 0) is 6.54 Å². The van der Waals surface area contributed by atoms with Gasteiger partial charge in [0, 0.05) is 36.8 Å². The van der Waals surface area contributed by atoms with Crippen LogP contribution in [0, 0.1) is 0 Å². The van der Waals surface area contributed by atoms with Crippen LogP contribution in [0.2, 0.25) is 0 Å². The number of fused-ring (bicyclic) bond motifs is 2. The number of carbonyl (C=O) groups is 1. The van der Waals surface area contributed by atoms with Crippen LogP contribution in [0.3, 0.4) is 0 Å². The minimum absolute atomic E-state index is 0.0668. The third-order valence-electron chi connectivity index (χ3n) is 6.15. The molecule has 0 N–H and O–H groups in total. The first-order valence-corrected chi connectivity index (χ1v) is 10.4. The second-order valence-corrected chi connectivity index (χ2v) is 8.45. The van der Waals surface area contributed by atoms with Crippen LogP contribution in [0.15, 0.2) is 42.7 Å². The van der Waals surface area contributed by atoms with Crippen molar-refractivity contribution in [1.82, 2.24) is 14.5 Å². The number of nitrogens with zero attached hydrogens (tertiary/aromatic N) is 4. The van der Waals surface area contributed by atoms with E-state index in [2.05, 4.69) is 23.4 Å². The Morgan fingerprint density at radius 1 is 1.13 bits per heavy atom. The maximum absolute atomic E-state index is 13.2. The Hall–Kier alpha value is -3.35. The molecular formula is C23H22N4O3. The van der Waals surface area contributed by atoms with Crippen molar-refractivity contribution >= 4 is 11.7 Å². The summed E-state index contributed by atoms with van der Waals surface area (Å²) in [6.45, 7) is 4.67. The zero-order valence-corrected chi connectivity index (χ0v) is 17.0. The number of pyridine rings is 1. The van der Waals surface area contributed by atoms with Crippen molar-refractivity contribution in [3.8, 4) is 23.0 Å². The van der Waals surface area contributed by atoms with Crippen molar-refractivity contribution in [2.24, 2.45) is 0 Å². The normalized spacial score (nSPS) is 18.2. The maximum Gasteiger partial charge on any atom is 0.260 e. The Morgan fingerprint density at radius 3 is 2.67 bits per heavy atom. The first-order valence-electron chi connectivity index (χ1n) is 10.4. The summed E-state index contributed by atoms with van der Waals surface area (Å²) in [5, 5.41) is 0. The lowest BCUT2D eigenvalue weighted by molar-refractivity contribution is -0.138. The van der Waals surface area contributed by atoms with E-state index in [4.69, 9.17) is 14.5 Å². The molecule has 30 heavy (non-hydrogen) atoms. The van der Waals surface area contributed by atoms with Crippen molar-refractivity contribution in [3.63, 3.8) is 0 Å². The largest absolute Gasteiger partial charge is 0.448 e. The predicted octanol–water partition coefficient (Wildman–Crippen LogP) is 4.34. The summed E-state index contributed by atoms with van der Waals surface area (Å²) in [6, 6.07) is 9.75. The minimum Gasteiger partial charge on any atom is -0.448 e. The smallest absolute Gasteiger partial charge is 0.260 e. The number of rotatable bonds is 3. The summed E-state index contributed by atoms with van der Waals surface area (Å²) < 4.78 is 14.2. The van der Waals surface area contributed by atoms with Gasteiger partial charge < -0.3 is 14.0 Å². The van der Waals surface area contributed by atoms with Crippen LogP contribution >= 0.6 is 0 Å². The van der Waals surface area contributed by atoms with Gasteiger partial charge in [-0.1, -0.05) is 6.07 Å². The molecule has 0 saturated heterocycles. The first kappa shape index (κ1) is 17.5. The van der Waals surface area contributed by atoms with Gasteiger partial charge in [0.2, 0.25) is 0 Å². The van der Waals surface area contributed by atoms with Gasteiger partial charge in [0.25, 0.3) is 11.7 Å². The number of anilines is 1. The van der Waals surface area contributed by atoms with Crippen molar-refractivity contribution < 1.29 is 14.3 Å². The molecule has 3 aromatic rings.